The zero-order valence-electron chi connectivity index (χ0n) is 13.2. The monoisotopic (exact) mass is 342 g/mol. The molecular formula is C18H19ClN4O. The minimum Gasteiger partial charge on any atom is -0.393 e. The van der Waals surface area contributed by atoms with E-state index >= 15 is 0 Å². The average Bonchev–Trinajstić information content (AvgIpc) is 3.06. The number of aliphatic imine (C=N–C) groups is 1. The summed E-state index contributed by atoms with van der Waals surface area (Å²) < 4.78 is 0. The van der Waals surface area contributed by atoms with Gasteiger partial charge in [0.05, 0.1) is 11.8 Å². The standard InChI is InChI=1S/C18H19ClN4O/c19-12-3-1-2-11(10-12)17-22-15-8-9-20-16(15)18(23-17)21-13-4-6-14(24)7-5-13/h1-3,9-10,13-14,24H,4-8H2,(H,21,22,23)/t13-,14-. The Morgan fingerprint density at radius 3 is 2.75 bits per heavy atom. The Bertz CT molecular complexity index is 785. The van der Waals surface area contributed by atoms with Crippen LogP contribution < -0.4 is 5.32 Å². The third-order valence-corrected chi connectivity index (χ3v) is 4.82. The van der Waals surface area contributed by atoms with Gasteiger partial charge >= 0.3 is 0 Å². The molecule has 124 valence electrons. The highest BCUT2D eigenvalue weighted by Crippen LogP contribution is 2.34. The molecule has 24 heavy (non-hydrogen) atoms. The third kappa shape index (κ3) is 3.14. The molecule has 0 spiro atoms. The number of aliphatic hydroxyl groups is 1. The second kappa shape index (κ2) is 6.49. The number of hydrogen-bond donors (Lipinski definition) is 2. The molecule has 0 bridgehead atoms. The van der Waals surface area contributed by atoms with Crippen molar-refractivity contribution in [2.75, 3.05) is 5.32 Å². The molecule has 1 saturated carbocycles. The lowest BCUT2D eigenvalue weighted by molar-refractivity contribution is 0.126. The molecule has 2 aliphatic rings. The van der Waals surface area contributed by atoms with Crippen molar-refractivity contribution in [1.29, 1.82) is 0 Å². The number of aromatic nitrogens is 2. The topological polar surface area (TPSA) is 70.4 Å². The van der Waals surface area contributed by atoms with Gasteiger partial charge in [-0.2, -0.15) is 0 Å². The van der Waals surface area contributed by atoms with Gasteiger partial charge in [0.2, 0.25) is 0 Å². The molecule has 0 amide bonds. The molecule has 2 N–H and O–H groups in total. The molecule has 6 heteroatoms. The number of nitrogens with one attached hydrogen (secondary N) is 1. The van der Waals surface area contributed by atoms with Gasteiger partial charge in [0.25, 0.3) is 0 Å². The van der Waals surface area contributed by atoms with Crippen molar-refractivity contribution in [3.63, 3.8) is 0 Å². The third-order valence-electron chi connectivity index (χ3n) is 4.58. The van der Waals surface area contributed by atoms with Crippen LogP contribution in [0.15, 0.2) is 29.3 Å². The smallest absolute Gasteiger partial charge is 0.161 e. The number of rotatable bonds is 3. The van der Waals surface area contributed by atoms with Crippen molar-refractivity contribution in [1.82, 2.24) is 9.97 Å². The first-order valence-electron chi connectivity index (χ1n) is 8.33. The summed E-state index contributed by atoms with van der Waals surface area (Å²) in [7, 11) is 0. The van der Waals surface area contributed by atoms with Crippen molar-refractivity contribution >= 4 is 29.3 Å². The van der Waals surface area contributed by atoms with Gasteiger partial charge in [0.1, 0.15) is 5.69 Å². The lowest BCUT2D eigenvalue weighted by atomic mass is 9.93. The molecule has 1 aromatic carbocycles. The highest BCUT2D eigenvalue weighted by molar-refractivity contribution is 6.30. The molecule has 1 aliphatic carbocycles. The molecule has 1 aromatic heterocycles. The zero-order chi connectivity index (χ0) is 16.5. The fourth-order valence-corrected chi connectivity index (χ4v) is 3.46. The van der Waals surface area contributed by atoms with Crippen LogP contribution in [-0.2, 0) is 6.42 Å². The van der Waals surface area contributed by atoms with Crippen LogP contribution in [0.1, 0.15) is 31.4 Å². The predicted octanol–water partition coefficient (Wildman–Crippen LogP) is 3.77. The summed E-state index contributed by atoms with van der Waals surface area (Å²) in [6, 6.07) is 7.90. The Morgan fingerprint density at radius 1 is 1.12 bits per heavy atom. The van der Waals surface area contributed by atoms with Gasteiger partial charge < -0.3 is 10.4 Å². The molecule has 0 saturated heterocycles. The van der Waals surface area contributed by atoms with Crippen LogP contribution in [0.3, 0.4) is 0 Å². The first kappa shape index (κ1) is 15.5. The highest BCUT2D eigenvalue weighted by atomic mass is 35.5. The molecule has 2 heterocycles. The quantitative estimate of drug-likeness (QED) is 0.890. The van der Waals surface area contributed by atoms with Crippen LogP contribution in [0, 0.1) is 0 Å². The summed E-state index contributed by atoms with van der Waals surface area (Å²) >= 11 is 6.10. The Balaban J connectivity index is 1.66. The van der Waals surface area contributed by atoms with Crippen LogP contribution in [0.25, 0.3) is 11.4 Å². The number of anilines is 1. The first-order chi connectivity index (χ1) is 11.7. The van der Waals surface area contributed by atoms with E-state index < -0.39 is 0 Å². The molecule has 4 rings (SSSR count). The highest BCUT2D eigenvalue weighted by Gasteiger charge is 2.23. The van der Waals surface area contributed by atoms with Crippen molar-refractivity contribution in [3.8, 4) is 11.4 Å². The Kier molecular flexibility index (Phi) is 4.21. The molecule has 1 fully saturated rings. The molecule has 0 unspecified atom stereocenters. The number of aliphatic hydroxyl groups excluding tert-OH is 1. The summed E-state index contributed by atoms with van der Waals surface area (Å²) in [6.07, 6.45) is 5.97. The van der Waals surface area contributed by atoms with Gasteiger partial charge in [-0.1, -0.05) is 23.7 Å². The van der Waals surface area contributed by atoms with Crippen LogP contribution in [0.5, 0.6) is 0 Å². The van der Waals surface area contributed by atoms with E-state index in [2.05, 4.69) is 15.3 Å². The SMILES string of the molecule is O[C@H]1CC[C@H](Nc2nc(-c3cccc(Cl)c3)nc3c2N=CC3)CC1. The molecule has 2 aromatic rings. The molecule has 1 aliphatic heterocycles. The summed E-state index contributed by atoms with van der Waals surface area (Å²) in [5.41, 5.74) is 2.68. The molecule has 5 nitrogen and oxygen atoms in total. The summed E-state index contributed by atoms with van der Waals surface area (Å²) in [5.74, 6) is 1.45. The minimum absolute atomic E-state index is 0.167. The fourth-order valence-electron chi connectivity index (χ4n) is 3.27. The van der Waals surface area contributed by atoms with E-state index in [0.717, 1.165) is 54.9 Å². The zero-order valence-corrected chi connectivity index (χ0v) is 14.0. The largest absolute Gasteiger partial charge is 0.393 e. The minimum atomic E-state index is -0.167. The van der Waals surface area contributed by atoms with Crippen molar-refractivity contribution in [2.24, 2.45) is 4.99 Å². The molecular weight excluding hydrogens is 324 g/mol. The lowest BCUT2D eigenvalue weighted by Crippen LogP contribution is -2.28. The second-order valence-corrected chi connectivity index (χ2v) is 6.80. The number of hydrogen-bond acceptors (Lipinski definition) is 5. The van der Waals surface area contributed by atoms with E-state index in [-0.39, 0.29) is 6.10 Å². The number of halogens is 1. The van der Waals surface area contributed by atoms with E-state index in [4.69, 9.17) is 16.6 Å². The van der Waals surface area contributed by atoms with Crippen LogP contribution in [0.2, 0.25) is 5.02 Å². The van der Waals surface area contributed by atoms with Gasteiger partial charge in [0.15, 0.2) is 11.6 Å². The van der Waals surface area contributed by atoms with Gasteiger partial charge in [0, 0.05) is 29.3 Å². The van der Waals surface area contributed by atoms with Crippen LogP contribution in [-0.4, -0.2) is 33.4 Å². The maximum Gasteiger partial charge on any atom is 0.161 e. The first-order valence-corrected chi connectivity index (χ1v) is 8.71. The Labute approximate surface area is 145 Å². The van der Waals surface area contributed by atoms with Crippen LogP contribution in [0.4, 0.5) is 11.5 Å². The van der Waals surface area contributed by atoms with E-state index in [1.54, 1.807) is 0 Å². The summed E-state index contributed by atoms with van der Waals surface area (Å²) in [4.78, 5) is 13.8. The van der Waals surface area contributed by atoms with E-state index in [1.807, 2.05) is 30.5 Å². The fraction of sp³-hybridized carbons (Fsp3) is 0.389. The number of nitrogens with zero attached hydrogens (tertiary/aromatic N) is 3. The van der Waals surface area contributed by atoms with E-state index in [0.29, 0.717) is 16.9 Å². The molecule has 0 atom stereocenters. The van der Waals surface area contributed by atoms with Gasteiger partial charge in [-0.3, -0.25) is 4.99 Å². The Hall–Kier alpha value is -1.98. The second-order valence-electron chi connectivity index (χ2n) is 6.37. The lowest BCUT2D eigenvalue weighted by Gasteiger charge is -2.27. The van der Waals surface area contributed by atoms with Crippen LogP contribution >= 0.6 is 11.6 Å². The normalized spacial score (nSPS) is 22.4. The maximum atomic E-state index is 9.68. The van der Waals surface area contributed by atoms with Crippen molar-refractivity contribution in [2.45, 2.75) is 44.2 Å². The summed E-state index contributed by atoms with van der Waals surface area (Å²) in [5, 5.41) is 13.9. The van der Waals surface area contributed by atoms with Crippen molar-refractivity contribution < 1.29 is 5.11 Å². The number of benzene rings is 1. The maximum absolute atomic E-state index is 9.68. The molecule has 0 radical (unpaired) electrons. The average molecular weight is 343 g/mol. The van der Waals surface area contributed by atoms with E-state index in [1.165, 1.54) is 0 Å². The van der Waals surface area contributed by atoms with Gasteiger partial charge in [-0.05, 0) is 37.8 Å². The predicted molar refractivity (Wildman–Crippen MR) is 96.2 cm³/mol. The van der Waals surface area contributed by atoms with Gasteiger partial charge in [-0.15, -0.1) is 0 Å². The summed E-state index contributed by atoms with van der Waals surface area (Å²) in [6.45, 7) is 0. The van der Waals surface area contributed by atoms with Gasteiger partial charge in [-0.25, -0.2) is 9.97 Å². The Morgan fingerprint density at radius 2 is 1.96 bits per heavy atom. The van der Waals surface area contributed by atoms with Crippen molar-refractivity contribution in [3.05, 3.63) is 35.0 Å². The van der Waals surface area contributed by atoms with E-state index in [9.17, 15) is 5.11 Å². The number of fused-ring (bicyclic) bond motifs is 1.